The summed E-state index contributed by atoms with van der Waals surface area (Å²) < 4.78 is 4.60. The van der Waals surface area contributed by atoms with Gasteiger partial charge in [0.1, 0.15) is 0 Å². The molecule has 2 nitrogen and oxygen atoms in total. The Balaban J connectivity index is 1.66. The first kappa shape index (κ1) is 23.5. The van der Waals surface area contributed by atoms with Crippen molar-refractivity contribution in [3.05, 3.63) is 88.7 Å². The van der Waals surface area contributed by atoms with Crippen molar-refractivity contribution in [2.75, 3.05) is 0 Å². The van der Waals surface area contributed by atoms with Crippen molar-refractivity contribution in [1.82, 2.24) is 4.57 Å². The van der Waals surface area contributed by atoms with Crippen LogP contribution in [0.5, 0.6) is 0 Å². The molecule has 6 rings (SSSR count). The molecule has 1 aliphatic carbocycles. The monoisotopic (exact) mass is 476 g/mol. The lowest BCUT2D eigenvalue weighted by molar-refractivity contribution is -0.575. The third-order valence-corrected chi connectivity index (χ3v) is 9.17. The van der Waals surface area contributed by atoms with E-state index < -0.39 is 0 Å². The highest BCUT2D eigenvalue weighted by atomic mass is 15.1. The van der Waals surface area contributed by atoms with Crippen LogP contribution in [-0.4, -0.2) is 4.57 Å². The molecule has 3 aromatic carbocycles. The van der Waals surface area contributed by atoms with Gasteiger partial charge in [0.2, 0.25) is 0 Å². The molecule has 2 heteroatoms. The van der Waals surface area contributed by atoms with E-state index in [4.69, 9.17) is 0 Å². The fourth-order valence-electron chi connectivity index (χ4n) is 6.83. The third kappa shape index (κ3) is 3.12. The summed E-state index contributed by atoms with van der Waals surface area (Å²) in [6.45, 7) is 21.4. The average molecular weight is 477 g/mol. The number of para-hydroxylation sites is 1. The lowest BCUT2D eigenvalue weighted by Crippen LogP contribution is -2.45. The van der Waals surface area contributed by atoms with Crippen molar-refractivity contribution >= 4 is 11.0 Å². The van der Waals surface area contributed by atoms with Crippen LogP contribution in [0.4, 0.5) is 0 Å². The first-order valence-corrected chi connectivity index (χ1v) is 13.5. The van der Waals surface area contributed by atoms with E-state index in [1.54, 1.807) is 5.56 Å². The van der Waals surface area contributed by atoms with Crippen molar-refractivity contribution in [2.24, 2.45) is 0 Å². The molecule has 0 N–H and O–H groups in total. The molecule has 0 spiro atoms. The van der Waals surface area contributed by atoms with Gasteiger partial charge < -0.3 is 0 Å². The van der Waals surface area contributed by atoms with E-state index in [0.717, 1.165) is 5.69 Å². The molecule has 1 aromatic heterocycles. The summed E-state index contributed by atoms with van der Waals surface area (Å²) in [6.07, 6.45) is 6.23. The molecule has 0 radical (unpaired) electrons. The minimum absolute atomic E-state index is 0.0962. The van der Waals surface area contributed by atoms with Crippen LogP contribution in [0.1, 0.15) is 103 Å². The predicted molar refractivity (Wildman–Crippen MR) is 150 cm³/mol. The highest BCUT2D eigenvalue weighted by Crippen LogP contribution is 2.53. The van der Waals surface area contributed by atoms with Gasteiger partial charge in [-0.3, -0.25) is 9.13 Å². The third-order valence-electron chi connectivity index (χ3n) is 9.17. The first-order valence-electron chi connectivity index (χ1n) is 13.5. The summed E-state index contributed by atoms with van der Waals surface area (Å²) in [5.41, 5.74) is 12.6. The van der Waals surface area contributed by atoms with Gasteiger partial charge in [-0.1, -0.05) is 98.7 Å². The van der Waals surface area contributed by atoms with Gasteiger partial charge in [-0.2, -0.15) is 0 Å². The average Bonchev–Trinajstić information content (AvgIpc) is 3.20. The molecule has 36 heavy (non-hydrogen) atoms. The van der Waals surface area contributed by atoms with Crippen molar-refractivity contribution < 1.29 is 4.57 Å². The van der Waals surface area contributed by atoms with Gasteiger partial charge >= 0.3 is 0 Å². The molecular weight excluding hydrogens is 436 g/mol. The summed E-state index contributed by atoms with van der Waals surface area (Å²) in [5, 5.41) is 0. The van der Waals surface area contributed by atoms with Crippen LogP contribution < -0.4 is 4.57 Å². The molecule has 0 atom stereocenters. The summed E-state index contributed by atoms with van der Waals surface area (Å²) in [6, 6.07) is 20.6. The van der Waals surface area contributed by atoms with Crippen LogP contribution in [-0.2, 0) is 21.7 Å². The maximum atomic E-state index is 3.79. The lowest BCUT2D eigenvalue weighted by Gasteiger charge is -2.47. The second-order valence-corrected chi connectivity index (χ2v) is 14.0. The molecule has 1 aliphatic heterocycles. The number of rotatable bonds is 1. The van der Waals surface area contributed by atoms with E-state index >= 15 is 0 Å². The SMILES string of the molecule is CC(C)(C)c1ccc(-n2[c-][n+]3c4c(cccc42)C(C)(C)c2c-3ccc3c2C(C)(C)CCC3(C)C)cc1. The zero-order valence-corrected chi connectivity index (χ0v) is 23.5. The van der Waals surface area contributed by atoms with Gasteiger partial charge in [0.05, 0.1) is 22.4 Å². The molecule has 2 aliphatic rings. The minimum atomic E-state index is -0.0962. The summed E-state index contributed by atoms with van der Waals surface area (Å²) in [7, 11) is 0. The first-order chi connectivity index (χ1) is 16.7. The van der Waals surface area contributed by atoms with Crippen molar-refractivity contribution in [2.45, 2.75) is 96.8 Å². The quantitative estimate of drug-likeness (QED) is 0.194. The zero-order chi connectivity index (χ0) is 25.8. The van der Waals surface area contributed by atoms with Gasteiger partial charge in [-0.05, 0) is 75.1 Å². The van der Waals surface area contributed by atoms with Gasteiger partial charge in [-0.15, -0.1) is 0 Å². The molecular formula is C34H40N2. The zero-order valence-electron chi connectivity index (χ0n) is 23.5. The van der Waals surface area contributed by atoms with Crippen LogP contribution in [0.3, 0.4) is 0 Å². The molecule has 0 amide bonds. The maximum absolute atomic E-state index is 3.79. The number of benzene rings is 3. The van der Waals surface area contributed by atoms with E-state index in [2.05, 4.69) is 132 Å². The number of fused-ring (bicyclic) bond motifs is 4. The van der Waals surface area contributed by atoms with E-state index in [1.165, 1.54) is 51.8 Å². The van der Waals surface area contributed by atoms with Gasteiger partial charge in [0.15, 0.2) is 0 Å². The predicted octanol–water partition coefficient (Wildman–Crippen LogP) is 7.99. The number of hydrogen-bond acceptors (Lipinski definition) is 0. The molecule has 0 bridgehead atoms. The number of aromatic nitrogens is 2. The molecule has 0 fully saturated rings. The molecule has 4 aromatic rings. The standard InChI is InChI=1S/C34H40N2/c1-31(2,3)22-13-15-23(16-14-22)35-21-36-26-18-17-24-28(33(6,7)20-19-32(24,4)5)29(26)34(8,9)25-11-10-12-27(35)30(25)36/h10-18H,19-20H2,1-9H3. The summed E-state index contributed by atoms with van der Waals surface area (Å²) in [4.78, 5) is 0. The fourth-order valence-corrected chi connectivity index (χ4v) is 6.83. The number of hydrogen-bond donors (Lipinski definition) is 0. The Bertz CT molecular complexity index is 1520. The van der Waals surface area contributed by atoms with E-state index in [-0.39, 0.29) is 21.7 Å². The maximum Gasteiger partial charge on any atom is 0.269 e. The highest BCUT2D eigenvalue weighted by molar-refractivity contribution is 5.82. The van der Waals surface area contributed by atoms with Crippen LogP contribution in [0.15, 0.2) is 54.6 Å². The van der Waals surface area contributed by atoms with Gasteiger partial charge in [-0.25, -0.2) is 0 Å². The molecule has 186 valence electrons. The number of nitrogens with zero attached hydrogens (tertiary/aromatic N) is 2. The van der Waals surface area contributed by atoms with Crippen LogP contribution in [0.2, 0.25) is 0 Å². The largest absolute Gasteiger partial charge is 0.292 e. The Morgan fingerprint density at radius 2 is 1.42 bits per heavy atom. The van der Waals surface area contributed by atoms with Gasteiger partial charge in [0.25, 0.3) is 6.33 Å². The molecule has 2 heterocycles. The second-order valence-electron chi connectivity index (χ2n) is 14.0. The van der Waals surface area contributed by atoms with Gasteiger partial charge in [0, 0.05) is 5.41 Å². The Morgan fingerprint density at radius 1 is 0.750 bits per heavy atom. The smallest absolute Gasteiger partial charge is 0.269 e. The Kier molecular flexibility index (Phi) is 4.65. The Hall–Kier alpha value is -2.87. The number of imidazole rings is 1. The summed E-state index contributed by atoms with van der Waals surface area (Å²) >= 11 is 0. The van der Waals surface area contributed by atoms with Crippen LogP contribution in [0, 0.1) is 6.33 Å². The van der Waals surface area contributed by atoms with Crippen LogP contribution in [0.25, 0.3) is 22.4 Å². The summed E-state index contributed by atoms with van der Waals surface area (Å²) in [5.74, 6) is 0. The molecule has 0 unspecified atom stereocenters. The van der Waals surface area contributed by atoms with Crippen molar-refractivity contribution in [1.29, 1.82) is 0 Å². The van der Waals surface area contributed by atoms with E-state index in [0.29, 0.717) is 0 Å². The van der Waals surface area contributed by atoms with Crippen molar-refractivity contribution in [3.8, 4) is 11.4 Å². The Morgan fingerprint density at radius 3 is 2.08 bits per heavy atom. The van der Waals surface area contributed by atoms with E-state index in [9.17, 15) is 0 Å². The molecule has 0 saturated heterocycles. The second kappa shape index (κ2) is 7.12. The Labute approximate surface area is 217 Å². The van der Waals surface area contributed by atoms with Crippen molar-refractivity contribution in [3.63, 3.8) is 0 Å². The lowest BCUT2D eigenvalue weighted by atomic mass is 9.58. The topological polar surface area (TPSA) is 8.81 Å². The highest BCUT2D eigenvalue weighted by Gasteiger charge is 2.45. The van der Waals surface area contributed by atoms with E-state index in [1.807, 2.05) is 0 Å². The minimum Gasteiger partial charge on any atom is -0.292 e. The normalized spacial score (nSPS) is 19.1. The molecule has 0 saturated carbocycles. The fraction of sp³-hybridized carbons (Fsp3) is 0.441. The van der Waals surface area contributed by atoms with Crippen LogP contribution >= 0.6 is 0 Å².